The number of benzene rings is 1. The zero-order valence-corrected chi connectivity index (χ0v) is 13.1. The van der Waals surface area contributed by atoms with Gasteiger partial charge in [-0.05, 0) is 37.5 Å². The Morgan fingerprint density at radius 3 is 2.71 bits per heavy atom. The summed E-state index contributed by atoms with van der Waals surface area (Å²) in [5, 5.41) is 3.20. The van der Waals surface area contributed by atoms with Gasteiger partial charge < -0.3 is 20.5 Å². The van der Waals surface area contributed by atoms with E-state index in [1.54, 1.807) is 25.1 Å². The molecule has 0 spiro atoms. The van der Waals surface area contributed by atoms with Crippen LogP contribution in [0.2, 0.25) is 0 Å². The first-order valence-electron chi connectivity index (χ1n) is 7.42. The molecule has 0 bridgehead atoms. The van der Waals surface area contributed by atoms with Gasteiger partial charge >= 0.3 is 5.97 Å². The van der Waals surface area contributed by atoms with Gasteiger partial charge in [-0.3, -0.25) is 0 Å². The van der Waals surface area contributed by atoms with E-state index < -0.39 is 0 Å². The van der Waals surface area contributed by atoms with Crippen LogP contribution >= 0.6 is 0 Å². The van der Waals surface area contributed by atoms with Gasteiger partial charge in [0.2, 0.25) is 0 Å². The summed E-state index contributed by atoms with van der Waals surface area (Å²) in [6.45, 7) is 8.56. The molecule has 0 aliphatic rings. The minimum absolute atomic E-state index is 0.354. The number of nitrogen functional groups attached to an aromatic ring is 1. The third kappa shape index (κ3) is 6.49. The average Bonchev–Trinajstić information content (AvgIpc) is 2.44. The number of hydrogen-bond acceptors (Lipinski definition) is 5. The van der Waals surface area contributed by atoms with E-state index in [0.717, 1.165) is 18.7 Å². The van der Waals surface area contributed by atoms with Crippen LogP contribution in [0.4, 0.5) is 11.4 Å². The van der Waals surface area contributed by atoms with Crippen molar-refractivity contribution in [3.8, 4) is 0 Å². The number of nitrogens with two attached hydrogens (primary N) is 1. The molecule has 1 aromatic carbocycles. The molecule has 0 saturated heterocycles. The zero-order chi connectivity index (χ0) is 15.7. The maximum absolute atomic E-state index is 11.6. The Hall–Kier alpha value is -1.75. The molecule has 0 radical (unpaired) electrons. The highest BCUT2D eigenvalue weighted by atomic mass is 16.5. The van der Waals surface area contributed by atoms with Crippen LogP contribution < -0.4 is 11.1 Å². The second-order valence-electron chi connectivity index (χ2n) is 5.24. The zero-order valence-electron chi connectivity index (χ0n) is 13.1. The second-order valence-corrected chi connectivity index (χ2v) is 5.24. The van der Waals surface area contributed by atoms with Gasteiger partial charge in [0.25, 0.3) is 0 Å². The molecule has 0 aliphatic heterocycles. The fourth-order valence-corrected chi connectivity index (χ4v) is 1.74. The summed E-state index contributed by atoms with van der Waals surface area (Å²) in [6.07, 6.45) is 1.07. The molecule has 0 heterocycles. The van der Waals surface area contributed by atoms with Crippen molar-refractivity contribution in [2.24, 2.45) is 5.92 Å². The number of esters is 1. The molecule has 0 aliphatic carbocycles. The van der Waals surface area contributed by atoms with Crippen molar-refractivity contribution in [2.75, 3.05) is 37.4 Å². The van der Waals surface area contributed by atoms with E-state index in [0.29, 0.717) is 36.9 Å². The topological polar surface area (TPSA) is 73.6 Å². The first-order chi connectivity index (χ1) is 10.0. The smallest absolute Gasteiger partial charge is 0.338 e. The lowest BCUT2D eigenvalue weighted by atomic mass is 10.1. The molecule has 1 rings (SSSR count). The van der Waals surface area contributed by atoms with Crippen LogP contribution in [0.1, 0.15) is 37.6 Å². The SMILES string of the molecule is CCOC(=O)c1ccc(NCCOCCC(C)C)c(N)c1. The van der Waals surface area contributed by atoms with Crippen molar-refractivity contribution >= 4 is 17.3 Å². The normalized spacial score (nSPS) is 10.7. The number of nitrogens with one attached hydrogen (secondary N) is 1. The Morgan fingerprint density at radius 1 is 1.33 bits per heavy atom. The first kappa shape index (κ1) is 17.3. The van der Waals surface area contributed by atoms with Gasteiger partial charge in [-0.25, -0.2) is 4.79 Å². The number of carbonyl (C=O) groups is 1. The minimum Gasteiger partial charge on any atom is -0.462 e. The molecular formula is C16H26N2O3. The van der Waals surface area contributed by atoms with Crippen LogP contribution in [-0.2, 0) is 9.47 Å². The highest BCUT2D eigenvalue weighted by Crippen LogP contribution is 2.20. The van der Waals surface area contributed by atoms with E-state index in [2.05, 4.69) is 19.2 Å². The van der Waals surface area contributed by atoms with E-state index in [4.69, 9.17) is 15.2 Å². The van der Waals surface area contributed by atoms with Gasteiger partial charge in [0, 0.05) is 13.2 Å². The summed E-state index contributed by atoms with van der Waals surface area (Å²) in [7, 11) is 0. The van der Waals surface area contributed by atoms with Crippen LogP contribution in [0.5, 0.6) is 0 Å². The van der Waals surface area contributed by atoms with Crippen molar-refractivity contribution < 1.29 is 14.3 Å². The van der Waals surface area contributed by atoms with Gasteiger partial charge in [0.1, 0.15) is 0 Å². The quantitative estimate of drug-likeness (QED) is 0.416. The largest absolute Gasteiger partial charge is 0.462 e. The molecule has 0 aromatic heterocycles. The lowest BCUT2D eigenvalue weighted by Crippen LogP contribution is -2.12. The Bertz CT molecular complexity index is 447. The molecular weight excluding hydrogens is 268 g/mol. The van der Waals surface area contributed by atoms with Crippen LogP contribution in [0, 0.1) is 5.92 Å². The van der Waals surface area contributed by atoms with Crippen molar-refractivity contribution in [3.05, 3.63) is 23.8 Å². The second kappa shape index (κ2) is 9.23. The first-order valence-corrected chi connectivity index (χ1v) is 7.42. The van der Waals surface area contributed by atoms with Gasteiger partial charge in [-0.2, -0.15) is 0 Å². The van der Waals surface area contributed by atoms with E-state index in [-0.39, 0.29) is 5.97 Å². The molecule has 5 heteroatoms. The predicted molar refractivity (Wildman–Crippen MR) is 85.6 cm³/mol. The third-order valence-electron chi connectivity index (χ3n) is 2.96. The molecule has 0 atom stereocenters. The molecule has 1 aromatic rings. The van der Waals surface area contributed by atoms with Crippen LogP contribution in [0.15, 0.2) is 18.2 Å². The molecule has 0 unspecified atom stereocenters. The minimum atomic E-state index is -0.354. The van der Waals surface area contributed by atoms with E-state index in [1.165, 1.54) is 0 Å². The molecule has 5 nitrogen and oxygen atoms in total. The molecule has 3 N–H and O–H groups in total. The average molecular weight is 294 g/mol. The monoisotopic (exact) mass is 294 g/mol. The van der Waals surface area contributed by atoms with Crippen LogP contribution in [-0.4, -0.2) is 32.3 Å². The fraction of sp³-hybridized carbons (Fsp3) is 0.562. The molecule has 0 amide bonds. The lowest BCUT2D eigenvalue weighted by molar-refractivity contribution is 0.0526. The Morgan fingerprint density at radius 2 is 2.10 bits per heavy atom. The van der Waals surface area contributed by atoms with Crippen LogP contribution in [0.25, 0.3) is 0 Å². The van der Waals surface area contributed by atoms with Gasteiger partial charge in [0.05, 0.1) is 30.2 Å². The summed E-state index contributed by atoms with van der Waals surface area (Å²) < 4.78 is 10.5. The number of ether oxygens (including phenoxy) is 2. The number of carbonyl (C=O) groups excluding carboxylic acids is 1. The predicted octanol–water partition coefficient (Wildman–Crippen LogP) is 2.92. The van der Waals surface area contributed by atoms with Crippen LogP contribution in [0.3, 0.4) is 0 Å². The number of hydrogen-bond donors (Lipinski definition) is 2. The standard InChI is InChI=1S/C16H26N2O3/c1-4-21-16(19)13-5-6-15(14(17)11-13)18-8-10-20-9-7-12(2)3/h5-6,11-12,18H,4,7-10,17H2,1-3H3. The maximum atomic E-state index is 11.6. The summed E-state index contributed by atoms with van der Waals surface area (Å²) in [4.78, 5) is 11.6. The summed E-state index contributed by atoms with van der Waals surface area (Å²) >= 11 is 0. The Labute approximate surface area is 126 Å². The van der Waals surface area contributed by atoms with E-state index >= 15 is 0 Å². The van der Waals surface area contributed by atoms with Gasteiger partial charge in [0.15, 0.2) is 0 Å². The molecule has 0 fully saturated rings. The van der Waals surface area contributed by atoms with Crippen molar-refractivity contribution in [2.45, 2.75) is 27.2 Å². The van der Waals surface area contributed by atoms with Crippen molar-refractivity contribution in [1.82, 2.24) is 0 Å². The maximum Gasteiger partial charge on any atom is 0.338 e. The van der Waals surface area contributed by atoms with Crippen molar-refractivity contribution in [1.29, 1.82) is 0 Å². The summed E-state index contributed by atoms with van der Waals surface area (Å²) in [5.41, 5.74) is 7.72. The van der Waals surface area contributed by atoms with Gasteiger partial charge in [-0.15, -0.1) is 0 Å². The summed E-state index contributed by atoms with van der Waals surface area (Å²) in [5.74, 6) is 0.303. The fourth-order valence-electron chi connectivity index (χ4n) is 1.74. The highest BCUT2D eigenvalue weighted by molar-refractivity contribution is 5.91. The molecule has 118 valence electrons. The number of anilines is 2. The highest BCUT2D eigenvalue weighted by Gasteiger charge is 2.08. The number of rotatable bonds is 9. The molecule has 0 saturated carbocycles. The Kier molecular flexibility index (Phi) is 7.61. The Balaban J connectivity index is 2.37. The van der Waals surface area contributed by atoms with E-state index in [1.807, 2.05) is 0 Å². The lowest BCUT2D eigenvalue weighted by Gasteiger charge is -2.11. The third-order valence-corrected chi connectivity index (χ3v) is 2.96. The van der Waals surface area contributed by atoms with Gasteiger partial charge in [-0.1, -0.05) is 13.8 Å². The van der Waals surface area contributed by atoms with Crippen molar-refractivity contribution in [3.63, 3.8) is 0 Å². The van der Waals surface area contributed by atoms with E-state index in [9.17, 15) is 4.79 Å². The molecule has 21 heavy (non-hydrogen) atoms. The summed E-state index contributed by atoms with van der Waals surface area (Å²) in [6, 6.07) is 5.12.